The van der Waals surface area contributed by atoms with Crippen molar-refractivity contribution in [2.24, 2.45) is 0 Å². The van der Waals surface area contributed by atoms with Crippen LogP contribution < -0.4 is 10.3 Å². The molecule has 1 atom stereocenters. The molecule has 1 aromatic carbocycles. The van der Waals surface area contributed by atoms with Gasteiger partial charge in [0.2, 0.25) is 5.95 Å². The summed E-state index contributed by atoms with van der Waals surface area (Å²) in [5.41, 5.74) is 1.65. The molecule has 0 aliphatic heterocycles. The van der Waals surface area contributed by atoms with Gasteiger partial charge in [-0.1, -0.05) is 19.1 Å². The maximum Gasteiger partial charge on any atom is 0.279 e. The molecule has 0 aliphatic rings. The number of amides is 1. The zero-order valence-corrected chi connectivity index (χ0v) is 17.7. The number of nitrogens with zero attached hydrogens (tertiary/aromatic N) is 2. The summed E-state index contributed by atoms with van der Waals surface area (Å²) >= 11 is -2.89. The average molecular weight is 453 g/mol. The predicted molar refractivity (Wildman–Crippen MR) is 117 cm³/mol. The molecular formula is C22H18FN4O4S-. The molecule has 3 heterocycles. The minimum absolute atomic E-state index is 0.0718. The first-order valence-electron chi connectivity index (χ1n) is 9.73. The summed E-state index contributed by atoms with van der Waals surface area (Å²) in [6.45, 7) is 1.87. The van der Waals surface area contributed by atoms with Crippen LogP contribution in [0.4, 0.5) is 4.39 Å². The Kier molecular flexibility index (Phi) is 5.97. The Morgan fingerprint density at radius 1 is 1.28 bits per heavy atom. The number of H-pyrrole nitrogens is 1. The minimum atomic E-state index is -2.89. The third-order valence-electron chi connectivity index (χ3n) is 5.18. The molecule has 1 amide bonds. The van der Waals surface area contributed by atoms with Crippen molar-refractivity contribution < 1.29 is 17.9 Å². The van der Waals surface area contributed by atoms with Crippen LogP contribution in [0.25, 0.3) is 22.0 Å². The van der Waals surface area contributed by atoms with Gasteiger partial charge in [-0.3, -0.25) is 18.5 Å². The minimum Gasteiger partial charge on any atom is -0.755 e. The number of fused-ring (bicyclic) bond motifs is 1. The maximum atomic E-state index is 14.4. The average Bonchev–Trinajstić information content (AvgIpc) is 3.08. The Morgan fingerprint density at radius 2 is 2.09 bits per heavy atom. The van der Waals surface area contributed by atoms with Gasteiger partial charge in [0.15, 0.2) is 0 Å². The van der Waals surface area contributed by atoms with Crippen LogP contribution in [0.3, 0.4) is 0 Å². The zero-order chi connectivity index (χ0) is 22.8. The Bertz CT molecular complexity index is 1410. The summed E-state index contributed by atoms with van der Waals surface area (Å²) in [5, 5.41) is 0.576. The fourth-order valence-electron chi connectivity index (χ4n) is 3.74. The fourth-order valence-corrected chi connectivity index (χ4v) is 3.99. The second-order valence-corrected chi connectivity index (χ2v) is 7.72. The molecule has 0 bridgehead atoms. The number of carbonyl (C=O) groups is 1. The molecule has 164 valence electrons. The lowest BCUT2D eigenvalue weighted by atomic mass is 10.0. The molecule has 4 aromatic rings. The molecule has 3 aromatic heterocycles. The van der Waals surface area contributed by atoms with Gasteiger partial charge in [0.1, 0.15) is 5.69 Å². The number of nitrogens with one attached hydrogen (secondary N) is 2. The van der Waals surface area contributed by atoms with Crippen molar-refractivity contribution in [2.75, 3.05) is 0 Å². The second-order valence-electron chi connectivity index (χ2n) is 7.05. The number of rotatable bonds is 6. The van der Waals surface area contributed by atoms with Crippen molar-refractivity contribution >= 4 is 28.1 Å². The topological polar surface area (TPSA) is 120 Å². The highest BCUT2D eigenvalue weighted by Crippen LogP contribution is 2.35. The molecule has 0 saturated heterocycles. The van der Waals surface area contributed by atoms with E-state index >= 15 is 0 Å². The molecule has 0 radical (unpaired) electrons. The number of aromatic amines is 1. The number of benzene rings is 1. The number of aromatic nitrogens is 3. The summed E-state index contributed by atoms with van der Waals surface area (Å²) in [5.74, 6) is -1.65. The quantitative estimate of drug-likeness (QED) is 0.344. The smallest absolute Gasteiger partial charge is 0.279 e. The third-order valence-corrected chi connectivity index (χ3v) is 5.53. The Morgan fingerprint density at radius 3 is 2.78 bits per heavy atom. The number of aryl methyl sites for hydroxylation is 1. The van der Waals surface area contributed by atoms with Gasteiger partial charge < -0.3 is 14.1 Å². The standard InChI is InChI=1S/C22H19FN4O4S/c1-2-13-7-8-17-16(11-13)18(15-6-4-10-25-21(15)28)19(22(29)26-32(30)31)27(17)12-14-5-3-9-24-20(14)23/h3-11H,2,12H2,1H3,(H,25,28)(H,26,29)(H,30,31)/p-1. The molecule has 10 heteroatoms. The number of carbonyl (C=O) groups excluding carboxylic acids is 1. The van der Waals surface area contributed by atoms with E-state index in [0.29, 0.717) is 17.3 Å². The van der Waals surface area contributed by atoms with Crippen molar-refractivity contribution in [1.82, 2.24) is 19.3 Å². The first-order valence-corrected chi connectivity index (χ1v) is 10.8. The van der Waals surface area contributed by atoms with Crippen molar-refractivity contribution in [3.05, 3.63) is 88.0 Å². The maximum absolute atomic E-state index is 14.4. The largest absolute Gasteiger partial charge is 0.755 e. The van der Waals surface area contributed by atoms with Crippen LogP contribution in [0.1, 0.15) is 28.5 Å². The second kappa shape index (κ2) is 8.85. The first-order chi connectivity index (χ1) is 15.4. The summed E-state index contributed by atoms with van der Waals surface area (Å²) in [6.07, 6.45) is 3.47. The SMILES string of the molecule is CCc1ccc2c(c1)c(-c1ccc[nH]c1=O)c(C(=O)NS(=O)[O-])n2Cc1cccnc1F. The Labute approximate surface area is 184 Å². The lowest BCUT2D eigenvalue weighted by Crippen LogP contribution is -2.28. The van der Waals surface area contributed by atoms with Crippen LogP contribution >= 0.6 is 0 Å². The van der Waals surface area contributed by atoms with Crippen LogP contribution in [-0.4, -0.2) is 29.2 Å². The van der Waals surface area contributed by atoms with Crippen LogP contribution in [0.2, 0.25) is 0 Å². The monoisotopic (exact) mass is 453 g/mol. The number of pyridine rings is 2. The van der Waals surface area contributed by atoms with Gasteiger partial charge in [0.05, 0.1) is 6.54 Å². The summed E-state index contributed by atoms with van der Waals surface area (Å²) in [6, 6.07) is 11.7. The van der Waals surface area contributed by atoms with Crippen LogP contribution in [0, 0.1) is 5.95 Å². The normalized spacial score (nSPS) is 12.1. The van der Waals surface area contributed by atoms with Crippen LogP contribution in [-0.2, 0) is 24.2 Å². The molecular weight excluding hydrogens is 435 g/mol. The molecule has 0 fully saturated rings. The number of hydrogen-bond acceptors (Lipinski definition) is 5. The molecule has 2 N–H and O–H groups in total. The fraction of sp³-hybridized carbons (Fsp3) is 0.136. The summed E-state index contributed by atoms with van der Waals surface area (Å²) < 4.78 is 40.2. The van der Waals surface area contributed by atoms with Gasteiger partial charge in [-0.15, -0.1) is 0 Å². The molecule has 8 nitrogen and oxygen atoms in total. The van der Waals surface area contributed by atoms with Gasteiger partial charge in [0, 0.05) is 51.3 Å². The Hall–Kier alpha value is -3.63. The predicted octanol–water partition coefficient (Wildman–Crippen LogP) is 2.67. The van der Waals surface area contributed by atoms with E-state index < -0.39 is 28.7 Å². The third kappa shape index (κ3) is 3.97. The van der Waals surface area contributed by atoms with Gasteiger partial charge in [-0.2, -0.15) is 4.39 Å². The van der Waals surface area contributed by atoms with Gasteiger partial charge in [-0.25, -0.2) is 4.98 Å². The highest BCUT2D eigenvalue weighted by molar-refractivity contribution is 7.77. The molecule has 1 unspecified atom stereocenters. The molecule has 0 aliphatic carbocycles. The lowest BCUT2D eigenvalue weighted by molar-refractivity contribution is 0.0973. The van der Waals surface area contributed by atoms with Crippen molar-refractivity contribution in [2.45, 2.75) is 19.9 Å². The van der Waals surface area contributed by atoms with E-state index in [0.717, 1.165) is 5.56 Å². The van der Waals surface area contributed by atoms with Gasteiger partial charge >= 0.3 is 0 Å². The lowest BCUT2D eigenvalue weighted by Gasteiger charge is -2.14. The van der Waals surface area contributed by atoms with Gasteiger partial charge in [0.25, 0.3) is 11.5 Å². The number of halogens is 1. The van der Waals surface area contributed by atoms with Crippen molar-refractivity contribution in [3.8, 4) is 11.1 Å². The van der Waals surface area contributed by atoms with Crippen molar-refractivity contribution in [1.29, 1.82) is 0 Å². The van der Waals surface area contributed by atoms with Gasteiger partial charge in [-0.05, 0) is 42.3 Å². The van der Waals surface area contributed by atoms with E-state index in [-0.39, 0.29) is 28.9 Å². The molecule has 4 rings (SSSR count). The van der Waals surface area contributed by atoms with E-state index in [9.17, 15) is 22.7 Å². The highest BCUT2D eigenvalue weighted by atomic mass is 32.2. The van der Waals surface area contributed by atoms with E-state index in [1.807, 2.05) is 23.8 Å². The summed E-state index contributed by atoms with van der Waals surface area (Å²) in [7, 11) is 0. The van der Waals surface area contributed by atoms with Crippen LogP contribution in [0.5, 0.6) is 0 Å². The van der Waals surface area contributed by atoms with Crippen molar-refractivity contribution in [3.63, 3.8) is 0 Å². The molecule has 32 heavy (non-hydrogen) atoms. The van der Waals surface area contributed by atoms with E-state index in [4.69, 9.17) is 0 Å². The van der Waals surface area contributed by atoms with E-state index in [1.54, 1.807) is 24.3 Å². The molecule has 0 spiro atoms. The Balaban J connectivity index is 2.10. The van der Waals surface area contributed by atoms with Crippen LogP contribution in [0.15, 0.2) is 59.7 Å². The number of hydrogen-bond donors (Lipinski definition) is 2. The zero-order valence-electron chi connectivity index (χ0n) is 16.9. The van der Waals surface area contributed by atoms with E-state index in [2.05, 4.69) is 9.97 Å². The van der Waals surface area contributed by atoms with E-state index in [1.165, 1.54) is 23.0 Å². The first kappa shape index (κ1) is 21.6. The molecule has 0 saturated carbocycles. The summed E-state index contributed by atoms with van der Waals surface area (Å²) in [4.78, 5) is 31.9. The highest BCUT2D eigenvalue weighted by Gasteiger charge is 2.26.